The van der Waals surface area contributed by atoms with Crippen LogP contribution in [0.2, 0.25) is 0 Å². The van der Waals surface area contributed by atoms with Gasteiger partial charge in [-0.3, -0.25) is 10.1 Å². The molecule has 0 saturated carbocycles. The first-order valence-corrected chi connectivity index (χ1v) is 7.63. The van der Waals surface area contributed by atoms with Gasteiger partial charge in [0.2, 0.25) is 5.91 Å². The van der Waals surface area contributed by atoms with Crippen molar-refractivity contribution in [2.45, 2.75) is 71.6 Å². The Morgan fingerprint density at radius 3 is 2.53 bits per heavy atom. The monoisotopic (exact) mass is 270 g/mol. The lowest BCUT2D eigenvalue weighted by Gasteiger charge is -2.33. The van der Waals surface area contributed by atoms with Crippen LogP contribution in [0.25, 0.3) is 0 Å². The van der Waals surface area contributed by atoms with Gasteiger partial charge in [-0.2, -0.15) is 0 Å². The Labute approximate surface area is 117 Å². The highest BCUT2D eigenvalue weighted by Crippen LogP contribution is 2.24. The van der Waals surface area contributed by atoms with Crippen LogP contribution in [0.15, 0.2) is 0 Å². The van der Waals surface area contributed by atoms with Gasteiger partial charge in [0.1, 0.15) is 0 Å². The van der Waals surface area contributed by atoms with Crippen LogP contribution in [0.1, 0.15) is 53.4 Å². The summed E-state index contributed by atoms with van der Waals surface area (Å²) in [6, 6.07) is 0.183. The maximum absolute atomic E-state index is 12.6. The number of nitrogens with one attached hydrogen (secondary N) is 1. The molecule has 1 aliphatic heterocycles. The lowest BCUT2D eigenvalue weighted by molar-refractivity contribution is -0.134. The van der Waals surface area contributed by atoms with E-state index in [-0.39, 0.29) is 24.2 Å². The van der Waals surface area contributed by atoms with Crippen LogP contribution in [0.5, 0.6) is 0 Å². The summed E-state index contributed by atoms with van der Waals surface area (Å²) < 4.78 is 5.28. The van der Waals surface area contributed by atoms with E-state index in [1.807, 2.05) is 4.90 Å². The Kier molecular flexibility index (Phi) is 6.80. The van der Waals surface area contributed by atoms with E-state index >= 15 is 0 Å². The van der Waals surface area contributed by atoms with E-state index in [2.05, 4.69) is 33.0 Å². The van der Waals surface area contributed by atoms with E-state index in [4.69, 9.17) is 4.74 Å². The maximum atomic E-state index is 12.6. The largest absolute Gasteiger partial charge is 0.383 e. The standard InChI is InChI=1S/C15H30N2O2/c1-6-8-9-13-15(18)17(12(7-2)10-19-5)14(16-13)11(3)4/h11-14,16H,6-10H2,1-5H3. The normalized spacial score (nSPS) is 25.4. The van der Waals surface area contributed by atoms with Crippen molar-refractivity contribution in [3.05, 3.63) is 0 Å². The molecule has 0 aromatic rings. The summed E-state index contributed by atoms with van der Waals surface area (Å²) in [6.07, 6.45) is 4.26. The Bertz CT molecular complexity index is 281. The second-order valence-corrected chi connectivity index (χ2v) is 5.81. The summed E-state index contributed by atoms with van der Waals surface area (Å²) in [5.74, 6) is 0.678. The third kappa shape index (κ3) is 3.93. The first-order chi connectivity index (χ1) is 9.06. The molecular weight excluding hydrogens is 240 g/mol. The smallest absolute Gasteiger partial charge is 0.241 e. The minimum absolute atomic E-state index is 0.00161. The number of hydrogen-bond donors (Lipinski definition) is 1. The minimum Gasteiger partial charge on any atom is -0.383 e. The SMILES string of the molecule is CCCCC1NC(C(C)C)N(C(CC)COC)C1=O. The Balaban J connectivity index is 2.81. The molecule has 0 aromatic heterocycles. The average molecular weight is 270 g/mol. The summed E-state index contributed by atoms with van der Waals surface area (Å²) in [6.45, 7) is 9.23. The highest BCUT2D eigenvalue weighted by molar-refractivity contribution is 5.84. The first kappa shape index (κ1) is 16.4. The number of unbranched alkanes of at least 4 members (excludes halogenated alkanes) is 1. The fourth-order valence-electron chi connectivity index (χ4n) is 2.80. The number of carbonyl (C=O) groups is 1. The Hall–Kier alpha value is -0.610. The predicted molar refractivity (Wildman–Crippen MR) is 77.9 cm³/mol. The quantitative estimate of drug-likeness (QED) is 0.736. The van der Waals surface area contributed by atoms with Gasteiger partial charge in [-0.25, -0.2) is 0 Å². The molecule has 0 bridgehead atoms. The average Bonchev–Trinajstić information content (AvgIpc) is 2.71. The van der Waals surface area contributed by atoms with Crippen LogP contribution in [-0.4, -0.2) is 42.8 Å². The zero-order chi connectivity index (χ0) is 14.4. The van der Waals surface area contributed by atoms with Crippen molar-refractivity contribution in [3.63, 3.8) is 0 Å². The zero-order valence-electron chi connectivity index (χ0n) is 13.1. The molecule has 0 radical (unpaired) electrons. The predicted octanol–water partition coefficient (Wildman–Crippen LogP) is 2.38. The summed E-state index contributed by atoms with van der Waals surface area (Å²) >= 11 is 0. The van der Waals surface area contributed by atoms with Gasteiger partial charge in [-0.15, -0.1) is 0 Å². The molecule has 0 spiro atoms. The molecule has 0 aliphatic carbocycles. The van der Waals surface area contributed by atoms with Crippen LogP contribution in [-0.2, 0) is 9.53 Å². The van der Waals surface area contributed by atoms with Gasteiger partial charge < -0.3 is 9.64 Å². The minimum atomic E-state index is -0.00161. The number of carbonyl (C=O) groups excluding carboxylic acids is 1. The highest BCUT2D eigenvalue weighted by atomic mass is 16.5. The third-order valence-corrected chi connectivity index (χ3v) is 3.93. The number of nitrogens with zero attached hydrogens (tertiary/aromatic N) is 1. The third-order valence-electron chi connectivity index (χ3n) is 3.93. The molecule has 1 aliphatic rings. The van der Waals surface area contributed by atoms with E-state index in [0.717, 1.165) is 25.7 Å². The van der Waals surface area contributed by atoms with E-state index < -0.39 is 0 Å². The van der Waals surface area contributed by atoms with Gasteiger partial charge in [0.15, 0.2) is 0 Å². The Morgan fingerprint density at radius 1 is 1.37 bits per heavy atom. The van der Waals surface area contributed by atoms with Gasteiger partial charge in [-0.05, 0) is 18.8 Å². The zero-order valence-corrected chi connectivity index (χ0v) is 13.1. The topological polar surface area (TPSA) is 41.6 Å². The molecule has 4 heteroatoms. The molecule has 3 atom stereocenters. The van der Waals surface area contributed by atoms with Crippen molar-refractivity contribution in [2.24, 2.45) is 5.92 Å². The van der Waals surface area contributed by atoms with Gasteiger partial charge >= 0.3 is 0 Å². The van der Waals surface area contributed by atoms with Crippen molar-refractivity contribution in [3.8, 4) is 0 Å². The van der Waals surface area contributed by atoms with Crippen molar-refractivity contribution in [2.75, 3.05) is 13.7 Å². The number of ether oxygens (including phenoxy) is 1. The fourth-order valence-corrected chi connectivity index (χ4v) is 2.80. The van der Waals surface area contributed by atoms with E-state index in [9.17, 15) is 4.79 Å². The number of methoxy groups -OCH3 is 1. The van der Waals surface area contributed by atoms with Crippen molar-refractivity contribution >= 4 is 5.91 Å². The second-order valence-electron chi connectivity index (χ2n) is 5.81. The van der Waals surface area contributed by atoms with Crippen LogP contribution in [0, 0.1) is 5.92 Å². The number of amides is 1. The molecule has 19 heavy (non-hydrogen) atoms. The lowest BCUT2D eigenvalue weighted by atomic mass is 10.1. The molecule has 112 valence electrons. The maximum Gasteiger partial charge on any atom is 0.241 e. The van der Waals surface area contributed by atoms with E-state index in [1.54, 1.807) is 7.11 Å². The summed E-state index contributed by atoms with van der Waals surface area (Å²) in [5, 5.41) is 3.52. The summed E-state index contributed by atoms with van der Waals surface area (Å²) in [4.78, 5) is 14.6. The molecule has 1 N–H and O–H groups in total. The van der Waals surface area contributed by atoms with Crippen LogP contribution in [0.4, 0.5) is 0 Å². The van der Waals surface area contributed by atoms with Gasteiger partial charge in [0, 0.05) is 7.11 Å². The van der Waals surface area contributed by atoms with Crippen LogP contribution >= 0.6 is 0 Å². The van der Waals surface area contributed by atoms with Crippen molar-refractivity contribution < 1.29 is 9.53 Å². The lowest BCUT2D eigenvalue weighted by Crippen LogP contribution is -2.48. The van der Waals surface area contributed by atoms with Crippen molar-refractivity contribution in [1.29, 1.82) is 0 Å². The van der Waals surface area contributed by atoms with Crippen LogP contribution < -0.4 is 5.32 Å². The fraction of sp³-hybridized carbons (Fsp3) is 0.933. The number of rotatable bonds is 8. The molecule has 1 fully saturated rings. The summed E-state index contributed by atoms with van der Waals surface area (Å²) in [5.41, 5.74) is 0. The molecule has 3 unspecified atom stereocenters. The molecule has 4 nitrogen and oxygen atoms in total. The molecule has 1 heterocycles. The summed E-state index contributed by atoms with van der Waals surface area (Å²) in [7, 11) is 1.70. The van der Waals surface area contributed by atoms with Crippen molar-refractivity contribution in [1.82, 2.24) is 10.2 Å². The molecular formula is C15H30N2O2. The molecule has 1 rings (SSSR count). The highest BCUT2D eigenvalue weighted by Gasteiger charge is 2.42. The molecule has 1 amide bonds. The van der Waals surface area contributed by atoms with Gasteiger partial charge in [0.05, 0.1) is 24.9 Å². The van der Waals surface area contributed by atoms with E-state index in [1.165, 1.54) is 0 Å². The molecule has 1 saturated heterocycles. The van der Waals surface area contributed by atoms with Gasteiger partial charge in [-0.1, -0.05) is 40.5 Å². The van der Waals surface area contributed by atoms with E-state index in [0.29, 0.717) is 12.5 Å². The molecule has 0 aromatic carbocycles. The van der Waals surface area contributed by atoms with Crippen LogP contribution in [0.3, 0.4) is 0 Å². The van der Waals surface area contributed by atoms with Gasteiger partial charge in [0.25, 0.3) is 0 Å². The Morgan fingerprint density at radius 2 is 2.05 bits per heavy atom. The first-order valence-electron chi connectivity index (χ1n) is 7.63. The second kappa shape index (κ2) is 7.85. The number of hydrogen-bond acceptors (Lipinski definition) is 3.